The smallest absolute Gasteiger partial charge is 0.321 e. The Hall–Kier alpha value is -2.12. The molecule has 0 bridgehead atoms. The summed E-state index contributed by atoms with van der Waals surface area (Å²) in [5.74, 6) is -0.157. The highest BCUT2D eigenvalue weighted by Gasteiger charge is 2.56. The van der Waals surface area contributed by atoms with Crippen LogP contribution in [0.1, 0.15) is 50.5 Å². The van der Waals surface area contributed by atoms with Gasteiger partial charge in [-0.05, 0) is 64.6 Å². The SMILES string of the molecule is CNC(=O)CN1C[C@]2(CC[C@@](c3ccccc3)(N(C)C)CC2)N(CC2(O)CCC2)C1=O. The van der Waals surface area contributed by atoms with Crippen molar-refractivity contribution in [3.63, 3.8) is 0 Å². The van der Waals surface area contributed by atoms with Gasteiger partial charge in [0.25, 0.3) is 0 Å². The molecule has 1 aliphatic heterocycles. The normalized spacial score (nSPS) is 30.0. The van der Waals surface area contributed by atoms with E-state index in [1.807, 2.05) is 11.0 Å². The fraction of sp³-hybridized carbons (Fsp3) is 0.667. The van der Waals surface area contributed by atoms with Gasteiger partial charge in [-0.15, -0.1) is 0 Å². The van der Waals surface area contributed by atoms with Crippen molar-refractivity contribution in [3.8, 4) is 0 Å². The second kappa shape index (κ2) is 8.10. The molecular weight excluding hydrogens is 392 g/mol. The standard InChI is InChI=1S/C24H36N4O3/c1-25-20(29)16-27-17-22(28(21(27)30)18-23(31)10-7-11-23)12-14-24(15-13-22,26(2)3)19-8-5-4-6-9-19/h4-6,8-9,31H,7,10-18H2,1-3H3,(H,25,29)/t22-,24-. The summed E-state index contributed by atoms with van der Waals surface area (Å²) in [6.07, 6.45) is 6.06. The molecule has 2 aliphatic carbocycles. The lowest BCUT2D eigenvalue weighted by molar-refractivity contribution is -0.121. The van der Waals surface area contributed by atoms with Gasteiger partial charge < -0.3 is 20.2 Å². The monoisotopic (exact) mass is 428 g/mol. The predicted octanol–water partition coefficient (Wildman–Crippen LogP) is 2.15. The molecule has 3 aliphatic rings. The second-order valence-corrected chi connectivity index (χ2v) is 9.99. The van der Waals surface area contributed by atoms with E-state index in [9.17, 15) is 14.7 Å². The third-order valence-corrected chi connectivity index (χ3v) is 8.08. The molecule has 0 atom stereocenters. The van der Waals surface area contributed by atoms with Crippen LogP contribution >= 0.6 is 0 Å². The van der Waals surface area contributed by atoms with Crippen LogP contribution in [-0.2, 0) is 10.3 Å². The highest BCUT2D eigenvalue weighted by Crippen LogP contribution is 2.49. The quantitative estimate of drug-likeness (QED) is 0.728. The Kier molecular flexibility index (Phi) is 5.77. The van der Waals surface area contributed by atoms with E-state index >= 15 is 0 Å². The highest BCUT2D eigenvalue weighted by atomic mass is 16.3. The lowest BCUT2D eigenvalue weighted by Crippen LogP contribution is -2.59. The molecule has 3 amide bonds. The van der Waals surface area contributed by atoms with Gasteiger partial charge in [-0.25, -0.2) is 4.79 Å². The van der Waals surface area contributed by atoms with Crippen molar-refractivity contribution in [2.24, 2.45) is 0 Å². The number of β-amino-alcohol motifs (C(OH)–C–C–N with tert-alkyl or cyclic N) is 1. The Labute approximate surface area is 185 Å². The van der Waals surface area contributed by atoms with Gasteiger partial charge >= 0.3 is 6.03 Å². The summed E-state index contributed by atoms with van der Waals surface area (Å²) in [4.78, 5) is 31.3. The van der Waals surface area contributed by atoms with E-state index in [4.69, 9.17) is 0 Å². The number of hydrogen-bond acceptors (Lipinski definition) is 4. The lowest BCUT2D eigenvalue weighted by atomic mass is 9.67. The summed E-state index contributed by atoms with van der Waals surface area (Å²) in [6.45, 7) is 0.994. The molecular formula is C24H36N4O3. The zero-order valence-electron chi connectivity index (χ0n) is 19.1. The first-order valence-electron chi connectivity index (χ1n) is 11.5. The molecule has 4 rings (SSSR count). The van der Waals surface area contributed by atoms with E-state index in [1.54, 1.807) is 11.9 Å². The van der Waals surface area contributed by atoms with E-state index in [0.29, 0.717) is 13.1 Å². The number of carbonyl (C=O) groups is 2. The lowest BCUT2D eigenvalue weighted by Gasteiger charge is -2.52. The first kappa shape index (κ1) is 22.1. The van der Waals surface area contributed by atoms with E-state index in [0.717, 1.165) is 44.9 Å². The average Bonchev–Trinajstić information content (AvgIpc) is 2.99. The molecule has 0 aromatic heterocycles. The van der Waals surface area contributed by atoms with Crippen LogP contribution < -0.4 is 5.32 Å². The van der Waals surface area contributed by atoms with Crippen molar-refractivity contribution >= 4 is 11.9 Å². The molecule has 0 radical (unpaired) electrons. The maximum absolute atomic E-state index is 13.4. The van der Waals surface area contributed by atoms with Gasteiger partial charge in [0.1, 0.15) is 6.54 Å². The van der Waals surface area contributed by atoms with Crippen molar-refractivity contribution in [1.29, 1.82) is 0 Å². The largest absolute Gasteiger partial charge is 0.388 e. The van der Waals surface area contributed by atoms with Crippen molar-refractivity contribution in [2.45, 2.75) is 61.6 Å². The summed E-state index contributed by atoms with van der Waals surface area (Å²) in [6, 6.07) is 10.5. The Morgan fingerprint density at radius 3 is 2.26 bits per heavy atom. The van der Waals surface area contributed by atoms with Crippen molar-refractivity contribution < 1.29 is 14.7 Å². The minimum atomic E-state index is -0.777. The van der Waals surface area contributed by atoms with E-state index < -0.39 is 5.60 Å². The molecule has 7 heteroatoms. The summed E-state index contributed by atoms with van der Waals surface area (Å²) in [7, 11) is 5.87. The van der Waals surface area contributed by atoms with E-state index in [2.05, 4.69) is 48.6 Å². The number of nitrogens with zero attached hydrogens (tertiary/aromatic N) is 3. The van der Waals surface area contributed by atoms with E-state index in [1.165, 1.54) is 5.56 Å². The van der Waals surface area contributed by atoms with E-state index in [-0.39, 0.29) is 29.6 Å². The van der Waals surface area contributed by atoms with Crippen LogP contribution in [0, 0.1) is 0 Å². The zero-order chi connectivity index (χ0) is 22.3. The molecule has 7 nitrogen and oxygen atoms in total. The topological polar surface area (TPSA) is 76.1 Å². The van der Waals surface area contributed by atoms with Gasteiger partial charge in [0.2, 0.25) is 5.91 Å². The van der Waals surface area contributed by atoms with Gasteiger partial charge in [0.15, 0.2) is 0 Å². The second-order valence-electron chi connectivity index (χ2n) is 9.99. The summed E-state index contributed by atoms with van der Waals surface area (Å²) >= 11 is 0. The number of urea groups is 1. The third kappa shape index (κ3) is 3.82. The molecule has 1 spiro atoms. The summed E-state index contributed by atoms with van der Waals surface area (Å²) in [5.41, 5.74) is 0.139. The molecule has 1 aromatic rings. The summed E-state index contributed by atoms with van der Waals surface area (Å²) in [5, 5.41) is 13.5. The Morgan fingerprint density at radius 2 is 1.74 bits per heavy atom. The first-order valence-corrected chi connectivity index (χ1v) is 11.5. The highest BCUT2D eigenvalue weighted by molar-refractivity contribution is 5.85. The maximum atomic E-state index is 13.4. The predicted molar refractivity (Wildman–Crippen MR) is 120 cm³/mol. The number of amides is 3. The number of hydrogen-bond donors (Lipinski definition) is 2. The molecule has 3 fully saturated rings. The number of carbonyl (C=O) groups excluding carboxylic acids is 2. The van der Waals surface area contributed by atoms with Crippen molar-refractivity contribution in [2.75, 3.05) is 40.8 Å². The molecule has 2 saturated carbocycles. The minimum Gasteiger partial charge on any atom is -0.388 e. The third-order valence-electron chi connectivity index (χ3n) is 8.08. The van der Waals surface area contributed by atoms with Gasteiger partial charge in [-0.1, -0.05) is 30.3 Å². The van der Waals surface area contributed by atoms with Crippen LogP contribution in [0.3, 0.4) is 0 Å². The molecule has 0 unspecified atom stereocenters. The Balaban J connectivity index is 1.60. The molecule has 170 valence electrons. The molecule has 1 heterocycles. The van der Waals surface area contributed by atoms with Crippen LogP contribution in [-0.4, -0.2) is 83.7 Å². The number of benzene rings is 1. The van der Waals surface area contributed by atoms with Gasteiger partial charge in [0, 0.05) is 19.1 Å². The van der Waals surface area contributed by atoms with Crippen LogP contribution in [0.2, 0.25) is 0 Å². The van der Waals surface area contributed by atoms with Gasteiger partial charge in [-0.2, -0.15) is 0 Å². The molecule has 2 N–H and O–H groups in total. The van der Waals surface area contributed by atoms with Crippen LogP contribution in [0.15, 0.2) is 30.3 Å². The Bertz CT molecular complexity index is 813. The van der Waals surface area contributed by atoms with Crippen molar-refractivity contribution in [3.05, 3.63) is 35.9 Å². The molecule has 31 heavy (non-hydrogen) atoms. The molecule has 1 saturated heterocycles. The fourth-order valence-electron chi connectivity index (χ4n) is 5.83. The zero-order valence-corrected chi connectivity index (χ0v) is 19.1. The first-order chi connectivity index (χ1) is 14.7. The van der Waals surface area contributed by atoms with Gasteiger partial charge in [0.05, 0.1) is 17.7 Å². The number of likely N-dealkylation sites (N-methyl/N-ethyl adjacent to an activating group) is 1. The average molecular weight is 429 g/mol. The number of aliphatic hydroxyl groups is 1. The van der Waals surface area contributed by atoms with Crippen LogP contribution in [0.25, 0.3) is 0 Å². The van der Waals surface area contributed by atoms with Crippen molar-refractivity contribution in [1.82, 2.24) is 20.0 Å². The maximum Gasteiger partial charge on any atom is 0.321 e. The number of nitrogens with one attached hydrogen (secondary N) is 1. The Morgan fingerprint density at radius 1 is 1.10 bits per heavy atom. The van der Waals surface area contributed by atoms with Gasteiger partial charge in [-0.3, -0.25) is 9.69 Å². The summed E-state index contributed by atoms with van der Waals surface area (Å²) < 4.78 is 0. The van der Waals surface area contributed by atoms with Crippen LogP contribution in [0.4, 0.5) is 4.79 Å². The fourth-order valence-corrected chi connectivity index (χ4v) is 5.83. The number of rotatable bonds is 6. The minimum absolute atomic E-state index is 0.0667. The molecule has 1 aromatic carbocycles. The van der Waals surface area contributed by atoms with Crippen LogP contribution in [0.5, 0.6) is 0 Å².